The van der Waals surface area contributed by atoms with Crippen LogP contribution in [0.5, 0.6) is 0 Å². The maximum absolute atomic E-state index is 13.0. The number of amides is 1. The molecular weight excluding hydrogens is 318 g/mol. The summed E-state index contributed by atoms with van der Waals surface area (Å²) in [5.41, 5.74) is 2.28. The van der Waals surface area contributed by atoms with Crippen LogP contribution in [0.2, 0.25) is 0 Å². The second-order valence-corrected chi connectivity index (χ2v) is 6.39. The van der Waals surface area contributed by atoms with Crippen LogP contribution in [0.3, 0.4) is 0 Å². The Morgan fingerprint density at radius 2 is 2.12 bits per heavy atom. The van der Waals surface area contributed by atoms with Crippen molar-refractivity contribution in [1.29, 1.82) is 0 Å². The fourth-order valence-corrected chi connectivity index (χ4v) is 3.27. The molecule has 1 fully saturated rings. The molecule has 0 aliphatic carbocycles. The lowest BCUT2D eigenvalue weighted by Crippen LogP contribution is -2.48. The van der Waals surface area contributed by atoms with Crippen molar-refractivity contribution in [3.05, 3.63) is 29.7 Å². The van der Waals surface area contributed by atoms with Gasteiger partial charge in [0, 0.05) is 31.0 Å². The lowest BCUT2D eigenvalue weighted by Gasteiger charge is -2.34. The summed E-state index contributed by atoms with van der Waals surface area (Å²) in [7, 11) is 0. The SMILES string of the molecule is CC[C@H]1COCCN1C(=O)c1cnn2cc(CN(CC)CC)cnc12. The molecule has 0 saturated carbocycles. The maximum atomic E-state index is 13.0. The fraction of sp³-hybridized carbons (Fsp3) is 0.611. The predicted octanol–water partition coefficient (Wildman–Crippen LogP) is 1.82. The highest BCUT2D eigenvalue weighted by Gasteiger charge is 2.29. The molecule has 7 nitrogen and oxygen atoms in total. The third kappa shape index (κ3) is 3.67. The van der Waals surface area contributed by atoms with Crippen LogP contribution >= 0.6 is 0 Å². The van der Waals surface area contributed by atoms with Crippen LogP contribution in [-0.2, 0) is 11.3 Å². The molecule has 25 heavy (non-hydrogen) atoms. The van der Waals surface area contributed by atoms with Crippen LogP contribution in [0.1, 0.15) is 43.1 Å². The number of aromatic nitrogens is 3. The van der Waals surface area contributed by atoms with E-state index in [1.54, 1.807) is 10.7 Å². The Bertz CT molecular complexity index is 725. The molecule has 3 heterocycles. The van der Waals surface area contributed by atoms with Gasteiger partial charge in [-0.2, -0.15) is 5.10 Å². The molecular formula is C18H27N5O2. The molecule has 136 valence electrons. The van der Waals surface area contributed by atoms with Crippen LogP contribution in [0.25, 0.3) is 5.65 Å². The van der Waals surface area contributed by atoms with Crippen molar-refractivity contribution in [2.45, 2.75) is 39.8 Å². The summed E-state index contributed by atoms with van der Waals surface area (Å²) in [5, 5.41) is 4.36. The average Bonchev–Trinajstić information content (AvgIpc) is 3.08. The molecule has 0 spiro atoms. The molecule has 3 rings (SSSR count). The van der Waals surface area contributed by atoms with Crippen molar-refractivity contribution >= 4 is 11.6 Å². The number of ether oxygens (including phenoxy) is 1. The van der Waals surface area contributed by atoms with Gasteiger partial charge in [0.15, 0.2) is 5.65 Å². The van der Waals surface area contributed by atoms with Crippen molar-refractivity contribution in [2.75, 3.05) is 32.8 Å². The Morgan fingerprint density at radius 3 is 2.84 bits per heavy atom. The summed E-state index contributed by atoms with van der Waals surface area (Å²) in [5.74, 6) is -0.00542. The maximum Gasteiger partial charge on any atom is 0.259 e. The smallest absolute Gasteiger partial charge is 0.259 e. The van der Waals surface area contributed by atoms with Crippen molar-refractivity contribution in [3.8, 4) is 0 Å². The molecule has 1 atom stereocenters. The summed E-state index contributed by atoms with van der Waals surface area (Å²) in [6.07, 6.45) is 6.33. The Balaban J connectivity index is 1.84. The van der Waals surface area contributed by atoms with E-state index >= 15 is 0 Å². The minimum atomic E-state index is -0.00542. The number of nitrogens with zero attached hydrogens (tertiary/aromatic N) is 5. The average molecular weight is 345 g/mol. The van der Waals surface area contributed by atoms with Crippen LogP contribution in [0, 0.1) is 0 Å². The van der Waals surface area contributed by atoms with Crippen molar-refractivity contribution in [2.24, 2.45) is 0 Å². The summed E-state index contributed by atoms with van der Waals surface area (Å²) >= 11 is 0. The molecule has 0 radical (unpaired) electrons. The second kappa shape index (κ2) is 7.93. The first kappa shape index (κ1) is 17.8. The monoisotopic (exact) mass is 345 g/mol. The first-order chi connectivity index (χ1) is 12.2. The number of rotatable bonds is 6. The minimum Gasteiger partial charge on any atom is -0.377 e. The van der Waals surface area contributed by atoms with Crippen LogP contribution in [0.4, 0.5) is 0 Å². The highest BCUT2D eigenvalue weighted by Crippen LogP contribution is 2.18. The molecule has 1 amide bonds. The van der Waals surface area contributed by atoms with Gasteiger partial charge in [-0.15, -0.1) is 0 Å². The highest BCUT2D eigenvalue weighted by molar-refractivity contribution is 5.99. The van der Waals surface area contributed by atoms with E-state index in [1.165, 1.54) is 0 Å². The van der Waals surface area contributed by atoms with Crippen molar-refractivity contribution in [3.63, 3.8) is 0 Å². The first-order valence-electron chi connectivity index (χ1n) is 9.11. The lowest BCUT2D eigenvalue weighted by atomic mass is 10.1. The van der Waals surface area contributed by atoms with Gasteiger partial charge in [-0.1, -0.05) is 20.8 Å². The van der Waals surface area contributed by atoms with Gasteiger partial charge < -0.3 is 9.64 Å². The number of hydrogen-bond acceptors (Lipinski definition) is 5. The zero-order chi connectivity index (χ0) is 17.8. The first-order valence-corrected chi connectivity index (χ1v) is 9.11. The van der Waals surface area contributed by atoms with E-state index < -0.39 is 0 Å². The van der Waals surface area contributed by atoms with E-state index in [1.807, 2.05) is 17.3 Å². The summed E-state index contributed by atoms with van der Waals surface area (Å²) in [6, 6.07) is 0.123. The lowest BCUT2D eigenvalue weighted by molar-refractivity contribution is -0.00270. The number of carbonyl (C=O) groups excluding carboxylic acids is 1. The summed E-state index contributed by atoms with van der Waals surface area (Å²) in [6.45, 7) is 11.0. The molecule has 1 aliphatic heterocycles. The number of morpholine rings is 1. The molecule has 7 heteroatoms. The third-order valence-corrected chi connectivity index (χ3v) is 4.90. The number of carbonyl (C=O) groups is 1. The van der Waals surface area contributed by atoms with Crippen LogP contribution < -0.4 is 0 Å². The van der Waals surface area contributed by atoms with E-state index in [9.17, 15) is 4.79 Å². The van der Waals surface area contributed by atoms with Crippen LogP contribution in [-0.4, -0.2) is 69.2 Å². The van der Waals surface area contributed by atoms with Crippen molar-refractivity contribution < 1.29 is 9.53 Å². The Labute approximate surface area is 148 Å². The molecule has 0 N–H and O–H groups in total. The predicted molar refractivity (Wildman–Crippen MR) is 95.5 cm³/mol. The van der Waals surface area contributed by atoms with Gasteiger partial charge in [0.1, 0.15) is 5.56 Å². The Kier molecular flexibility index (Phi) is 5.65. The minimum absolute atomic E-state index is 0.00542. The second-order valence-electron chi connectivity index (χ2n) is 6.39. The van der Waals surface area contributed by atoms with E-state index in [-0.39, 0.29) is 11.9 Å². The standard InChI is InChI=1S/C18H27N5O2/c1-4-15-13-25-8-7-22(15)18(24)16-10-20-23-12-14(9-19-17(16)23)11-21(5-2)6-3/h9-10,12,15H,4-8,11,13H2,1-3H3/t15-/m0/s1. The van der Waals surface area contributed by atoms with E-state index in [2.05, 4.69) is 35.8 Å². The molecule has 0 unspecified atom stereocenters. The number of hydrogen-bond donors (Lipinski definition) is 0. The molecule has 2 aromatic rings. The molecule has 0 aromatic carbocycles. The largest absolute Gasteiger partial charge is 0.377 e. The van der Waals surface area contributed by atoms with Gasteiger partial charge in [0.2, 0.25) is 0 Å². The normalized spacial score (nSPS) is 18.2. The number of fused-ring (bicyclic) bond motifs is 1. The Morgan fingerprint density at radius 1 is 1.32 bits per heavy atom. The molecule has 1 saturated heterocycles. The molecule has 2 aromatic heterocycles. The topological polar surface area (TPSA) is 63.0 Å². The van der Waals surface area contributed by atoms with Gasteiger partial charge in [0.25, 0.3) is 5.91 Å². The van der Waals surface area contributed by atoms with Gasteiger partial charge in [-0.25, -0.2) is 9.50 Å². The Hall–Kier alpha value is -1.99. The van der Waals surface area contributed by atoms with Crippen LogP contribution in [0.15, 0.2) is 18.6 Å². The van der Waals surface area contributed by atoms with Gasteiger partial charge in [-0.05, 0) is 19.5 Å². The third-order valence-electron chi connectivity index (χ3n) is 4.90. The fourth-order valence-electron chi connectivity index (χ4n) is 3.27. The molecule has 0 bridgehead atoms. The van der Waals surface area contributed by atoms with Gasteiger partial charge >= 0.3 is 0 Å². The molecule has 1 aliphatic rings. The van der Waals surface area contributed by atoms with E-state index in [0.29, 0.717) is 31.0 Å². The quantitative estimate of drug-likeness (QED) is 0.799. The van der Waals surface area contributed by atoms with Gasteiger partial charge in [-0.3, -0.25) is 9.69 Å². The van der Waals surface area contributed by atoms with E-state index in [4.69, 9.17) is 4.74 Å². The summed E-state index contributed by atoms with van der Waals surface area (Å²) < 4.78 is 7.21. The van der Waals surface area contributed by atoms with Crippen molar-refractivity contribution in [1.82, 2.24) is 24.4 Å². The zero-order valence-corrected chi connectivity index (χ0v) is 15.3. The highest BCUT2D eigenvalue weighted by atomic mass is 16.5. The summed E-state index contributed by atoms with van der Waals surface area (Å²) in [4.78, 5) is 21.7. The van der Waals surface area contributed by atoms with E-state index in [0.717, 1.165) is 31.6 Å². The zero-order valence-electron chi connectivity index (χ0n) is 15.3. The van der Waals surface area contributed by atoms with Gasteiger partial charge in [0.05, 0.1) is 25.5 Å².